The summed E-state index contributed by atoms with van der Waals surface area (Å²) in [5.74, 6) is 1.23. The normalized spacial score (nSPS) is 14.1. The molecule has 0 saturated carbocycles. The number of aromatic nitrogens is 8. The largest absolute Gasteiger partial charge is 0.493 e. The van der Waals surface area contributed by atoms with Gasteiger partial charge in [-0.2, -0.15) is 10.2 Å². The summed E-state index contributed by atoms with van der Waals surface area (Å²) in [5.41, 5.74) is 8.25. The first kappa shape index (κ1) is 62.3. The fourth-order valence-electron chi connectivity index (χ4n) is 8.07. The maximum absolute atomic E-state index is 13.0. The third-order valence-corrected chi connectivity index (χ3v) is 14.7. The molecule has 2 aliphatic rings. The summed E-state index contributed by atoms with van der Waals surface area (Å²) in [6, 6.07) is 8.61. The summed E-state index contributed by atoms with van der Waals surface area (Å²) in [5, 5.41) is 26.3. The molecule has 2 aliphatic heterocycles. The topological polar surface area (TPSA) is 325 Å². The number of hydrogen-bond donors (Lipinski definition) is 6. The fourth-order valence-corrected chi connectivity index (χ4v) is 10.1. The van der Waals surface area contributed by atoms with Crippen LogP contribution in [-0.4, -0.2) is 165 Å². The van der Waals surface area contributed by atoms with Gasteiger partial charge in [0.25, 0.3) is 20.2 Å². The Morgan fingerprint density at radius 3 is 1.64 bits per heavy atom. The van der Waals surface area contributed by atoms with E-state index in [1.807, 2.05) is 46.4 Å². The second-order valence-electron chi connectivity index (χ2n) is 18.8. The molecule has 0 spiro atoms. The monoisotopic (exact) mass is 1200 g/mol. The second-order valence-corrected chi connectivity index (χ2v) is 23.9. The number of fused-ring (bicyclic) bond motifs is 2. The highest BCUT2D eigenvalue weighted by atomic mass is 79.9. The number of halogens is 2. The molecule has 77 heavy (non-hydrogen) atoms. The molecular weight excluding hydrogens is 1130 g/mol. The van der Waals surface area contributed by atoms with Crippen LogP contribution in [0, 0.1) is 0 Å². The number of ether oxygens (including phenoxy) is 3. The predicted octanol–water partition coefficient (Wildman–Crippen LogP) is 4.17. The van der Waals surface area contributed by atoms with Gasteiger partial charge in [-0.1, -0.05) is 42.6 Å². The van der Waals surface area contributed by atoms with Crippen molar-refractivity contribution in [1.29, 1.82) is 0 Å². The number of nitrogens with two attached hydrogens (primary N) is 1. The summed E-state index contributed by atoms with van der Waals surface area (Å²) < 4.78 is 71.7. The minimum absolute atomic E-state index is 0.0359. The number of hydrogen-bond acceptors (Lipinski definition) is 18. The van der Waals surface area contributed by atoms with Gasteiger partial charge in [-0.3, -0.25) is 23.9 Å². The second kappa shape index (κ2) is 27.4. The average Bonchev–Trinajstić information content (AvgIpc) is 3.84. The summed E-state index contributed by atoms with van der Waals surface area (Å²) in [7, 11) is 1.09. The molecule has 6 heterocycles. The van der Waals surface area contributed by atoms with E-state index in [-0.39, 0.29) is 63.9 Å². The molecule has 2 saturated heterocycles. The van der Waals surface area contributed by atoms with E-state index in [1.165, 1.54) is 39.7 Å². The summed E-state index contributed by atoms with van der Waals surface area (Å²) in [4.78, 5) is 54.9. The minimum atomic E-state index is -3.95. The molecule has 8 rings (SSSR count). The van der Waals surface area contributed by atoms with E-state index in [0.29, 0.717) is 120 Å². The molecule has 6 aromatic rings. The summed E-state index contributed by atoms with van der Waals surface area (Å²) >= 11 is 3.00. The maximum atomic E-state index is 13.0. The fraction of sp³-hybridized carbons (Fsp3) is 0.531. The van der Waals surface area contributed by atoms with Gasteiger partial charge in [0.1, 0.15) is 39.8 Å². The van der Waals surface area contributed by atoms with E-state index in [9.17, 15) is 31.2 Å². The Morgan fingerprint density at radius 2 is 1.25 bits per heavy atom. The Bertz CT molecular complexity index is 3330. The molecule has 7 N–H and O–H groups in total. The van der Waals surface area contributed by atoms with Gasteiger partial charge in [-0.25, -0.2) is 36.3 Å². The van der Waals surface area contributed by atoms with E-state index in [2.05, 4.69) is 50.8 Å². The van der Waals surface area contributed by atoms with Crippen LogP contribution in [0.3, 0.4) is 0 Å². The van der Waals surface area contributed by atoms with E-state index >= 15 is 0 Å². The first-order valence-corrected chi connectivity index (χ1v) is 29.9. The van der Waals surface area contributed by atoms with Gasteiger partial charge in [0.15, 0.2) is 11.0 Å². The van der Waals surface area contributed by atoms with Crippen LogP contribution in [0.15, 0.2) is 55.8 Å². The van der Waals surface area contributed by atoms with Crippen LogP contribution in [0.25, 0.3) is 44.8 Å². The molecule has 28 heteroatoms. The Hall–Kier alpha value is -5.52. The number of aromatic amines is 2. The number of alkyl halides is 1. The number of β-amino-alcohol motifs (C(OH)–C–C–N with tert-alkyl or cyclic N) is 1. The molecule has 2 aromatic carbocycles. The Morgan fingerprint density at radius 1 is 0.792 bits per heavy atom. The number of carbonyl (C=O) groups is 1. The molecule has 0 bridgehead atoms. The smallest absolute Gasteiger partial charge is 0.410 e. The highest BCUT2D eigenvalue weighted by Crippen LogP contribution is 2.33. The first-order valence-electron chi connectivity index (χ1n) is 25.0. The van der Waals surface area contributed by atoms with Gasteiger partial charge in [0.2, 0.25) is 10.0 Å². The van der Waals surface area contributed by atoms with Crippen LogP contribution in [0.5, 0.6) is 11.5 Å². The number of nitrogens with one attached hydrogen (secondary N) is 3. The van der Waals surface area contributed by atoms with Crippen LogP contribution >= 0.6 is 26.6 Å². The number of benzene rings is 2. The SMILES string of the molecule is CC(C)(C)OC(=O)N1CC(N)C1.CCCc1nn(C)c2c(=O)[nH]c(-c3cc(S(=O)(=O)Cl)ccc3OCC)nc12.CCCc1nn(C)c2c(=O)[nH]c(-c3cc(S(=O)(=O)NC4CN(CCO)C4)ccc3OCC)nc12.OCCBr. The predicted molar refractivity (Wildman–Crippen MR) is 297 cm³/mol. The highest BCUT2D eigenvalue weighted by Gasteiger charge is 2.32. The Labute approximate surface area is 460 Å². The molecule has 1 amide bonds. The molecular formula is C49H70BrClN12O12S2. The number of carbonyl (C=O) groups excluding carboxylic acids is 1. The third kappa shape index (κ3) is 16.3. The van der Waals surface area contributed by atoms with Crippen molar-refractivity contribution in [3.8, 4) is 34.3 Å². The maximum Gasteiger partial charge on any atom is 0.410 e. The van der Waals surface area contributed by atoms with Crippen molar-refractivity contribution in [2.75, 3.05) is 64.5 Å². The van der Waals surface area contributed by atoms with Crippen molar-refractivity contribution in [1.82, 2.24) is 54.0 Å². The molecule has 0 atom stereocenters. The molecule has 424 valence electrons. The van der Waals surface area contributed by atoms with Crippen molar-refractivity contribution >= 4 is 73.8 Å². The summed E-state index contributed by atoms with van der Waals surface area (Å²) in [6.45, 7) is 17.0. The Balaban J connectivity index is 0.000000225. The number of aliphatic hydroxyl groups excluding tert-OH is 2. The van der Waals surface area contributed by atoms with E-state index in [4.69, 9.17) is 40.8 Å². The molecule has 2 fully saturated rings. The molecule has 0 unspecified atom stereocenters. The third-order valence-electron chi connectivity index (χ3n) is 11.4. The minimum Gasteiger partial charge on any atom is -0.493 e. The molecule has 0 aliphatic carbocycles. The zero-order valence-electron chi connectivity index (χ0n) is 44.7. The van der Waals surface area contributed by atoms with Gasteiger partial charge >= 0.3 is 6.09 Å². The highest BCUT2D eigenvalue weighted by molar-refractivity contribution is 9.09. The van der Waals surface area contributed by atoms with Crippen molar-refractivity contribution in [3.05, 3.63) is 68.5 Å². The molecule has 4 aromatic heterocycles. The van der Waals surface area contributed by atoms with Crippen molar-refractivity contribution in [2.45, 2.75) is 102 Å². The van der Waals surface area contributed by atoms with Gasteiger partial charge in [0, 0.05) is 74.9 Å². The number of likely N-dealkylation sites (tertiary alicyclic amines) is 2. The van der Waals surface area contributed by atoms with E-state index in [0.717, 1.165) is 12.8 Å². The number of amides is 1. The van der Waals surface area contributed by atoms with Gasteiger partial charge in [-0.05, 0) is 83.9 Å². The van der Waals surface area contributed by atoms with Crippen LogP contribution in [-0.2, 0) is 50.7 Å². The lowest BCUT2D eigenvalue weighted by molar-refractivity contribution is 0.00882. The number of sulfonamides is 1. The number of aliphatic hydroxyl groups is 2. The number of H-pyrrole nitrogens is 2. The average molecular weight is 1200 g/mol. The van der Waals surface area contributed by atoms with Crippen LogP contribution < -0.4 is 31.0 Å². The quantitative estimate of drug-likeness (QED) is 0.0551. The zero-order valence-corrected chi connectivity index (χ0v) is 48.7. The number of aryl methyl sites for hydroxylation is 4. The lowest BCUT2D eigenvalue weighted by Gasteiger charge is -2.38. The van der Waals surface area contributed by atoms with Crippen molar-refractivity contribution < 1.29 is 46.1 Å². The Kier molecular flexibility index (Phi) is 22.2. The number of nitrogens with zero attached hydrogens (tertiary/aromatic N) is 8. The lowest BCUT2D eigenvalue weighted by Crippen LogP contribution is -2.59. The molecule has 24 nitrogen and oxygen atoms in total. The zero-order chi connectivity index (χ0) is 57.0. The van der Waals surface area contributed by atoms with Gasteiger partial charge < -0.3 is 45.0 Å². The summed E-state index contributed by atoms with van der Waals surface area (Å²) in [6.07, 6.45) is 2.76. The lowest BCUT2D eigenvalue weighted by atomic mass is 10.1. The first-order chi connectivity index (χ1) is 36.3. The number of rotatable bonds is 17. The van der Waals surface area contributed by atoms with Crippen LogP contribution in [0.2, 0.25) is 0 Å². The van der Waals surface area contributed by atoms with E-state index < -0.39 is 24.7 Å². The van der Waals surface area contributed by atoms with Crippen LogP contribution in [0.1, 0.15) is 72.7 Å². The van der Waals surface area contributed by atoms with Crippen LogP contribution in [0.4, 0.5) is 4.79 Å². The molecule has 0 radical (unpaired) electrons. The van der Waals surface area contributed by atoms with Crippen molar-refractivity contribution in [3.63, 3.8) is 0 Å². The van der Waals surface area contributed by atoms with Gasteiger partial charge in [0.05, 0.1) is 58.7 Å². The van der Waals surface area contributed by atoms with Crippen molar-refractivity contribution in [2.24, 2.45) is 19.8 Å². The van der Waals surface area contributed by atoms with Gasteiger partial charge in [-0.15, -0.1) is 0 Å². The van der Waals surface area contributed by atoms with E-state index in [1.54, 1.807) is 32.0 Å². The standard InChI is InChI=1S/C22H30N6O5S.C17H19ClN4O4S.C8H16N2O2.C2H5BrO/c1-4-6-17-19-20(27(3)25-17)22(30)24-21(23-19)16-11-15(7-8-18(16)33-5-2)34(31,32)26-14-12-28(13-14)9-10-29;1-4-6-12-14-15(22(3)21-12)17(23)20-16(19-14)11-9-10(27(18,24)25)7-8-13(11)26-5-2;1-8(2,3)12-7(11)10-4-6(9)5-10;3-1-2-4/h7-8,11,14,26,29H,4-6,9-10,12-13H2,1-3H3,(H,23,24,30);7-9H,4-6H2,1-3H3,(H,19,20,23);6H,4-5,9H2,1-3H3;4H,1-2H2.